The summed E-state index contributed by atoms with van der Waals surface area (Å²) in [7, 11) is 1.69. The second-order valence-corrected chi connectivity index (χ2v) is 6.78. The topological polar surface area (TPSA) is 49.8 Å². The number of piperidine rings is 1. The fraction of sp³-hybridized carbons (Fsp3) is 0.381. The van der Waals surface area contributed by atoms with Crippen LogP contribution in [0.2, 0.25) is 0 Å². The Kier molecular flexibility index (Phi) is 5.39. The maximum atomic E-state index is 11.3. The monoisotopic (exact) mass is 339 g/mol. The van der Waals surface area contributed by atoms with E-state index in [0.717, 1.165) is 35.3 Å². The number of hydrogen-bond acceptors (Lipinski definition) is 3. The predicted molar refractivity (Wildman–Crippen MR) is 98.7 cm³/mol. The Bertz CT molecular complexity index is 729. The first-order valence-electron chi connectivity index (χ1n) is 8.77. The maximum absolute atomic E-state index is 11.3. The molecular weight excluding hydrogens is 314 g/mol. The van der Waals surface area contributed by atoms with E-state index in [4.69, 9.17) is 4.74 Å². The number of carboxylic acid groups (broad SMARTS) is 1. The Balaban J connectivity index is 1.81. The van der Waals surface area contributed by atoms with Crippen LogP contribution in [0.1, 0.15) is 25.3 Å². The second-order valence-electron chi connectivity index (χ2n) is 6.78. The summed E-state index contributed by atoms with van der Waals surface area (Å²) in [6.07, 6.45) is 1.68. The zero-order valence-electron chi connectivity index (χ0n) is 14.8. The van der Waals surface area contributed by atoms with E-state index in [0.29, 0.717) is 19.1 Å². The maximum Gasteiger partial charge on any atom is 0.307 e. The van der Waals surface area contributed by atoms with Crippen LogP contribution >= 0.6 is 0 Å². The van der Waals surface area contributed by atoms with Gasteiger partial charge in [0.25, 0.3) is 0 Å². The lowest BCUT2D eigenvalue weighted by atomic mass is 9.93. The molecule has 1 fully saturated rings. The third kappa shape index (κ3) is 4.02. The van der Waals surface area contributed by atoms with Crippen molar-refractivity contribution >= 4 is 5.97 Å². The molecular formula is C21H25NO3. The highest BCUT2D eigenvalue weighted by atomic mass is 16.5. The van der Waals surface area contributed by atoms with Gasteiger partial charge < -0.3 is 9.84 Å². The molecule has 1 N–H and O–H groups in total. The first-order chi connectivity index (χ1) is 12.1. The molecule has 2 aromatic rings. The smallest absolute Gasteiger partial charge is 0.307 e. The van der Waals surface area contributed by atoms with Gasteiger partial charge >= 0.3 is 5.97 Å². The summed E-state index contributed by atoms with van der Waals surface area (Å²) in [5.74, 6) is -0.111. The molecule has 1 aliphatic rings. The van der Waals surface area contributed by atoms with Crippen LogP contribution < -0.4 is 4.74 Å². The van der Waals surface area contributed by atoms with Crippen molar-refractivity contribution in [2.24, 2.45) is 5.92 Å². The number of benzene rings is 2. The SMILES string of the molecule is COc1cc(-c2ccccc2)ccc1CN1CC(C(=O)O)CCC1C. The molecule has 2 atom stereocenters. The van der Waals surface area contributed by atoms with E-state index in [2.05, 4.69) is 42.2 Å². The Morgan fingerprint density at radius 3 is 2.60 bits per heavy atom. The lowest BCUT2D eigenvalue weighted by Crippen LogP contribution is -2.43. The largest absolute Gasteiger partial charge is 0.496 e. The number of rotatable bonds is 5. The summed E-state index contributed by atoms with van der Waals surface area (Å²) in [6.45, 7) is 3.48. The van der Waals surface area contributed by atoms with Gasteiger partial charge in [0, 0.05) is 24.7 Å². The van der Waals surface area contributed by atoms with Crippen LogP contribution in [0, 0.1) is 5.92 Å². The van der Waals surface area contributed by atoms with Gasteiger partial charge in [-0.2, -0.15) is 0 Å². The molecule has 0 radical (unpaired) electrons. The number of carboxylic acids is 1. The summed E-state index contributed by atoms with van der Waals surface area (Å²) in [5.41, 5.74) is 3.38. The van der Waals surface area contributed by atoms with Crippen molar-refractivity contribution in [1.82, 2.24) is 4.90 Å². The van der Waals surface area contributed by atoms with Crippen LogP contribution in [-0.2, 0) is 11.3 Å². The molecule has 4 heteroatoms. The summed E-state index contributed by atoms with van der Waals surface area (Å²) in [5, 5.41) is 9.32. The van der Waals surface area contributed by atoms with Gasteiger partial charge in [-0.05, 0) is 37.0 Å². The van der Waals surface area contributed by atoms with Gasteiger partial charge in [-0.15, -0.1) is 0 Å². The molecule has 0 saturated carbocycles. The molecule has 0 amide bonds. The van der Waals surface area contributed by atoms with Crippen LogP contribution in [-0.4, -0.2) is 35.7 Å². The predicted octanol–water partition coefficient (Wildman–Crippen LogP) is 4.05. The van der Waals surface area contributed by atoms with E-state index >= 15 is 0 Å². The highest BCUT2D eigenvalue weighted by molar-refractivity contribution is 5.70. The van der Waals surface area contributed by atoms with Crippen molar-refractivity contribution in [2.45, 2.75) is 32.4 Å². The zero-order valence-corrected chi connectivity index (χ0v) is 14.8. The molecule has 3 rings (SSSR count). The van der Waals surface area contributed by atoms with Crippen molar-refractivity contribution in [3.63, 3.8) is 0 Å². The van der Waals surface area contributed by atoms with Crippen molar-refractivity contribution < 1.29 is 14.6 Å². The third-order valence-electron chi connectivity index (χ3n) is 5.13. The van der Waals surface area contributed by atoms with E-state index in [1.165, 1.54) is 0 Å². The average Bonchev–Trinajstić information content (AvgIpc) is 2.64. The molecule has 0 aromatic heterocycles. The van der Waals surface area contributed by atoms with Gasteiger partial charge in [0.05, 0.1) is 13.0 Å². The van der Waals surface area contributed by atoms with Gasteiger partial charge in [0.15, 0.2) is 0 Å². The van der Waals surface area contributed by atoms with Crippen LogP contribution in [0.25, 0.3) is 11.1 Å². The van der Waals surface area contributed by atoms with Crippen LogP contribution in [0.3, 0.4) is 0 Å². The molecule has 0 bridgehead atoms. The summed E-state index contributed by atoms with van der Waals surface area (Å²) in [4.78, 5) is 13.6. The van der Waals surface area contributed by atoms with E-state index in [-0.39, 0.29) is 5.92 Å². The third-order valence-corrected chi connectivity index (χ3v) is 5.13. The molecule has 2 unspecified atom stereocenters. The highest BCUT2D eigenvalue weighted by Crippen LogP contribution is 2.30. The molecule has 1 saturated heterocycles. The van der Waals surface area contributed by atoms with Crippen LogP contribution in [0.5, 0.6) is 5.75 Å². The summed E-state index contributed by atoms with van der Waals surface area (Å²) >= 11 is 0. The minimum atomic E-state index is -0.691. The van der Waals surface area contributed by atoms with Gasteiger partial charge in [-0.25, -0.2) is 0 Å². The Morgan fingerprint density at radius 2 is 1.92 bits per heavy atom. The zero-order chi connectivity index (χ0) is 17.8. The van der Waals surface area contributed by atoms with E-state index < -0.39 is 5.97 Å². The number of hydrogen-bond donors (Lipinski definition) is 1. The molecule has 2 aromatic carbocycles. The number of methoxy groups -OCH3 is 1. The first-order valence-corrected chi connectivity index (χ1v) is 8.77. The van der Waals surface area contributed by atoms with Gasteiger partial charge in [0.2, 0.25) is 0 Å². The van der Waals surface area contributed by atoms with E-state index in [1.807, 2.05) is 18.2 Å². The summed E-state index contributed by atoms with van der Waals surface area (Å²) < 4.78 is 5.62. The Labute approximate surface area is 149 Å². The quantitative estimate of drug-likeness (QED) is 0.893. The molecule has 25 heavy (non-hydrogen) atoms. The van der Waals surface area contributed by atoms with Gasteiger partial charge in [-0.1, -0.05) is 42.5 Å². The number of carbonyl (C=O) groups is 1. The average molecular weight is 339 g/mol. The molecule has 1 aliphatic heterocycles. The van der Waals surface area contributed by atoms with E-state index in [9.17, 15) is 9.90 Å². The van der Waals surface area contributed by atoms with Gasteiger partial charge in [-0.3, -0.25) is 9.69 Å². The normalized spacial score (nSPS) is 21.0. The van der Waals surface area contributed by atoms with Crippen molar-refractivity contribution in [3.8, 4) is 16.9 Å². The Morgan fingerprint density at radius 1 is 1.16 bits per heavy atom. The Hall–Kier alpha value is -2.33. The van der Waals surface area contributed by atoms with Crippen molar-refractivity contribution in [3.05, 3.63) is 54.1 Å². The molecule has 4 nitrogen and oxygen atoms in total. The highest BCUT2D eigenvalue weighted by Gasteiger charge is 2.30. The van der Waals surface area contributed by atoms with Crippen LogP contribution in [0.15, 0.2) is 48.5 Å². The fourth-order valence-corrected chi connectivity index (χ4v) is 3.51. The lowest BCUT2D eigenvalue weighted by molar-refractivity contribution is -0.144. The van der Waals surface area contributed by atoms with Crippen molar-refractivity contribution in [2.75, 3.05) is 13.7 Å². The first kappa shape index (κ1) is 17.5. The number of ether oxygens (including phenoxy) is 1. The fourth-order valence-electron chi connectivity index (χ4n) is 3.51. The minimum absolute atomic E-state index is 0.272. The molecule has 0 aliphatic carbocycles. The molecule has 132 valence electrons. The summed E-state index contributed by atoms with van der Waals surface area (Å²) in [6, 6.07) is 16.9. The molecule has 1 heterocycles. The second kappa shape index (κ2) is 7.70. The minimum Gasteiger partial charge on any atom is -0.496 e. The number of likely N-dealkylation sites (tertiary alicyclic amines) is 1. The number of aliphatic carboxylic acids is 1. The van der Waals surface area contributed by atoms with E-state index in [1.54, 1.807) is 7.11 Å². The lowest BCUT2D eigenvalue weighted by Gasteiger charge is -2.36. The van der Waals surface area contributed by atoms with Crippen LogP contribution in [0.4, 0.5) is 0 Å². The molecule has 0 spiro atoms. The standard InChI is InChI=1S/C21H25NO3/c1-15-8-9-19(21(23)24)14-22(15)13-18-11-10-17(12-20(18)25-2)16-6-4-3-5-7-16/h3-7,10-12,15,19H,8-9,13-14H2,1-2H3,(H,23,24). The van der Waals surface area contributed by atoms with Crippen molar-refractivity contribution in [1.29, 1.82) is 0 Å². The number of nitrogens with zero attached hydrogens (tertiary/aromatic N) is 1. The van der Waals surface area contributed by atoms with Gasteiger partial charge in [0.1, 0.15) is 5.75 Å².